The molecule has 0 saturated carbocycles. The van der Waals surface area contributed by atoms with Crippen molar-refractivity contribution in [2.45, 2.75) is 45.3 Å². The lowest BCUT2D eigenvalue weighted by atomic mass is 10.0. The summed E-state index contributed by atoms with van der Waals surface area (Å²) < 4.78 is 20.4. The molecule has 0 saturated heterocycles. The van der Waals surface area contributed by atoms with Crippen LogP contribution >= 0.6 is 7.82 Å². The molecule has 0 heterocycles. The Kier molecular flexibility index (Phi) is 7.02. The maximum atomic E-state index is 11.9. The Bertz CT molecular complexity index is 710. The van der Waals surface area contributed by atoms with E-state index in [2.05, 4.69) is 9.84 Å². The molecule has 6 N–H and O–H groups in total. The molecule has 1 aromatic rings. The number of ether oxygens (including phenoxy) is 1. The van der Waals surface area contributed by atoms with Gasteiger partial charge in [0, 0.05) is 6.04 Å². The third-order valence-corrected chi connectivity index (χ3v) is 3.35. The highest BCUT2D eigenvalue weighted by Gasteiger charge is 2.22. The molecule has 10 nitrogen and oxygen atoms in total. The smallest absolute Gasteiger partial charge is 0.481 e. The van der Waals surface area contributed by atoms with Crippen LogP contribution in [0.5, 0.6) is 5.75 Å². The zero-order valence-electron chi connectivity index (χ0n) is 14.6. The summed E-state index contributed by atoms with van der Waals surface area (Å²) in [6.45, 7) is 5.04. The first-order chi connectivity index (χ1) is 11.7. The standard InChI is InChI=1S/C15H23N2O8P/c1-15(2,3)24-14(20)17-10(8-13(18)19)6-9-4-5-12(11(16)7-9)25-26(21,22)23/h4-5,7,10H,6,8,16H2,1-3H3,(H,17,20)(H,18,19)(H2,21,22,23)/t10-/m0/s1. The van der Waals surface area contributed by atoms with Gasteiger partial charge in [0.05, 0.1) is 12.1 Å². The van der Waals surface area contributed by atoms with Crippen LogP contribution in [0.1, 0.15) is 32.8 Å². The number of carboxylic acid groups (broad SMARTS) is 1. The summed E-state index contributed by atoms with van der Waals surface area (Å²) in [6.07, 6.45) is -0.982. The molecule has 1 rings (SSSR count). The third-order valence-electron chi connectivity index (χ3n) is 2.92. The minimum absolute atomic E-state index is 0.0304. The zero-order valence-corrected chi connectivity index (χ0v) is 15.5. The van der Waals surface area contributed by atoms with E-state index in [0.717, 1.165) is 0 Å². The zero-order chi connectivity index (χ0) is 20.1. The average Bonchev–Trinajstić information content (AvgIpc) is 2.37. The topological polar surface area (TPSA) is 168 Å². The van der Waals surface area contributed by atoms with Gasteiger partial charge in [-0.3, -0.25) is 14.6 Å². The van der Waals surface area contributed by atoms with Crippen molar-refractivity contribution in [2.24, 2.45) is 0 Å². The molecule has 0 spiro atoms. The van der Waals surface area contributed by atoms with Gasteiger partial charge in [-0.05, 0) is 44.9 Å². The molecule has 1 atom stereocenters. The first kappa shape index (κ1) is 21.8. The van der Waals surface area contributed by atoms with Crippen LogP contribution in [-0.2, 0) is 20.5 Å². The van der Waals surface area contributed by atoms with E-state index in [0.29, 0.717) is 5.56 Å². The molecule has 146 valence electrons. The number of hydrogen-bond donors (Lipinski definition) is 5. The van der Waals surface area contributed by atoms with Crippen molar-refractivity contribution in [3.05, 3.63) is 23.8 Å². The normalized spacial score (nSPS) is 13.0. The molecule has 0 aliphatic carbocycles. The van der Waals surface area contributed by atoms with Crippen molar-refractivity contribution in [3.63, 3.8) is 0 Å². The van der Waals surface area contributed by atoms with Gasteiger partial charge in [0.25, 0.3) is 0 Å². The van der Waals surface area contributed by atoms with Gasteiger partial charge in [-0.25, -0.2) is 9.36 Å². The maximum absolute atomic E-state index is 11.9. The Morgan fingerprint density at radius 1 is 1.31 bits per heavy atom. The molecule has 0 bridgehead atoms. The fraction of sp³-hybridized carbons (Fsp3) is 0.467. The molecule has 26 heavy (non-hydrogen) atoms. The van der Waals surface area contributed by atoms with Crippen LogP contribution < -0.4 is 15.6 Å². The van der Waals surface area contributed by atoms with Gasteiger partial charge >= 0.3 is 19.9 Å². The van der Waals surface area contributed by atoms with E-state index in [-0.39, 0.29) is 24.3 Å². The first-order valence-electron chi connectivity index (χ1n) is 7.60. The Morgan fingerprint density at radius 3 is 2.38 bits per heavy atom. The lowest BCUT2D eigenvalue weighted by Crippen LogP contribution is -2.41. The summed E-state index contributed by atoms with van der Waals surface area (Å²) in [5.41, 5.74) is 5.47. The van der Waals surface area contributed by atoms with Gasteiger partial charge in [-0.2, -0.15) is 0 Å². The van der Waals surface area contributed by atoms with Crippen molar-refractivity contribution >= 4 is 25.6 Å². The van der Waals surface area contributed by atoms with E-state index in [9.17, 15) is 14.2 Å². The number of nitrogen functional groups attached to an aromatic ring is 1. The number of carboxylic acids is 1. The lowest BCUT2D eigenvalue weighted by molar-refractivity contribution is -0.137. The van der Waals surface area contributed by atoms with Crippen LogP contribution in [0.25, 0.3) is 0 Å². The summed E-state index contributed by atoms with van der Waals surface area (Å²) >= 11 is 0. The van der Waals surface area contributed by atoms with E-state index >= 15 is 0 Å². The summed E-state index contributed by atoms with van der Waals surface area (Å²) in [7, 11) is -4.75. The molecular formula is C15H23N2O8P. The molecule has 0 unspecified atom stereocenters. The number of phosphoric acid groups is 1. The highest BCUT2D eigenvalue weighted by atomic mass is 31.2. The largest absolute Gasteiger partial charge is 0.524 e. The van der Waals surface area contributed by atoms with Gasteiger partial charge < -0.3 is 25.4 Å². The van der Waals surface area contributed by atoms with E-state index in [1.165, 1.54) is 18.2 Å². The van der Waals surface area contributed by atoms with Crippen molar-refractivity contribution in [1.29, 1.82) is 0 Å². The SMILES string of the molecule is CC(C)(C)OC(=O)N[C@H](CC(=O)O)Cc1ccc(OP(=O)(O)O)c(N)c1. The Hall–Kier alpha value is -2.29. The summed E-state index contributed by atoms with van der Waals surface area (Å²) in [6, 6.07) is 3.34. The summed E-state index contributed by atoms with van der Waals surface area (Å²) in [4.78, 5) is 40.5. The molecule has 0 radical (unpaired) electrons. The lowest BCUT2D eigenvalue weighted by Gasteiger charge is -2.23. The van der Waals surface area contributed by atoms with E-state index < -0.39 is 31.5 Å². The first-order valence-corrected chi connectivity index (χ1v) is 9.13. The van der Waals surface area contributed by atoms with E-state index in [4.69, 9.17) is 25.4 Å². The Balaban J connectivity index is 2.87. The minimum Gasteiger partial charge on any atom is -0.481 e. The third kappa shape index (κ3) is 8.70. The van der Waals surface area contributed by atoms with Crippen LogP contribution in [-0.4, -0.2) is 38.6 Å². The summed E-state index contributed by atoms with van der Waals surface area (Å²) in [5.74, 6) is -1.31. The number of rotatable bonds is 7. The van der Waals surface area contributed by atoms with Crippen LogP contribution in [0.15, 0.2) is 18.2 Å². The van der Waals surface area contributed by atoms with Gasteiger partial charge in [0.15, 0.2) is 5.75 Å². The van der Waals surface area contributed by atoms with Crippen molar-refractivity contribution < 1.29 is 38.3 Å². The van der Waals surface area contributed by atoms with E-state index in [1.54, 1.807) is 20.8 Å². The summed E-state index contributed by atoms with van der Waals surface area (Å²) in [5, 5.41) is 11.5. The Labute approximate surface area is 150 Å². The molecule has 1 amide bonds. The van der Waals surface area contributed by atoms with Gasteiger partial charge in [-0.1, -0.05) is 6.07 Å². The maximum Gasteiger partial charge on any atom is 0.524 e. The molecule has 1 aromatic carbocycles. The molecule has 0 aliphatic heterocycles. The second-order valence-electron chi connectivity index (χ2n) is 6.60. The number of benzene rings is 1. The van der Waals surface area contributed by atoms with Crippen LogP contribution in [0, 0.1) is 0 Å². The van der Waals surface area contributed by atoms with Crippen LogP contribution in [0.3, 0.4) is 0 Å². The quantitative estimate of drug-likeness (QED) is 0.343. The van der Waals surface area contributed by atoms with Gasteiger partial charge in [-0.15, -0.1) is 0 Å². The molecule has 0 aromatic heterocycles. The van der Waals surface area contributed by atoms with Crippen molar-refractivity contribution in [3.8, 4) is 5.75 Å². The molecule has 11 heteroatoms. The van der Waals surface area contributed by atoms with Crippen molar-refractivity contribution in [2.75, 3.05) is 5.73 Å². The number of anilines is 1. The number of carbonyl (C=O) groups is 2. The predicted molar refractivity (Wildman–Crippen MR) is 92.6 cm³/mol. The number of carbonyl (C=O) groups excluding carboxylic acids is 1. The monoisotopic (exact) mass is 390 g/mol. The highest BCUT2D eigenvalue weighted by molar-refractivity contribution is 7.46. The number of nitrogens with two attached hydrogens (primary N) is 1. The molecule has 0 fully saturated rings. The van der Waals surface area contributed by atoms with Gasteiger partial charge in [0.1, 0.15) is 5.60 Å². The number of phosphoric ester groups is 1. The molecular weight excluding hydrogens is 367 g/mol. The predicted octanol–water partition coefficient (Wildman–Crippen LogP) is 1.65. The second-order valence-corrected chi connectivity index (χ2v) is 7.76. The number of hydrogen-bond acceptors (Lipinski definition) is 6. The van der Waals surface area contributed by atoms with Crippen LogP contribution in [0.4, 0.5) is 10.5 Å². The van der Waals surface area contributed by atoms with Gasteiger partial charge in [0.2, 0.25) is 0 Å². The minimum atomic E-state index is -4.75. The number of nitrogens with one attached hydrogen (secondary N) is 1. The Morgan fingerprint density at radius 2 is 1.92 bits per heavy atom. The molecule has 0 aliphatic rings. The number of alkyl carbamates (subject to hydrolysis) is 1. The second kappa shape index (κ2) is 8.39. The van der Waals surface area contributed by atoms with Crippen molar-refractivity contribution in [1.82, 2.24) is 5.32 Å². The average molecular weight is 390 g/mol. The number of aliphatic carboxylic acids is 1. The van der Waals surface area contributed by atoms with Crippen LogP contribution in [0.2, 0.25) is 0 Å². The fourth-order valence-electron chi connectivity index (χ4n) is 2.08. The highest BCUT2D eigenvalue weighted by Crippen LogP contribution is 2.40. The van der Waals surface area contributed by atoms with E-state index in [1.807, 2.05) is 0 Å². The fourth-order valence-corrected chi connectivity index (χ4v) is 2.50. The number of amides is 1.